The Hall–Kier alpha value is -0.830. The Morgan fingerprint density at radius 2 is 2.08 bits per heavy atom. The molecule has 0 atom stereocenters. The van der Waals surface area contributed by atoms with E-state index in [4.69, 9.17) is 14.5 Å². The first-order chi connectivity index (χ1) is 11.5. The molecule has 0 spiro atoms. The summed E-state index contributed by atoms with van der Waals surface area (Å²) in [5, 5.41) is 3.42. The lowest BCUT2D eigenvalue weighted by atomic mass is 10.2. The molecule has 1 aromatic carbocycles. The van der Waals surface area contributed by atoms with E-state index in [2.05, 4.69) is 31.0 Å². The maximum Gasteiger partial charge on any atom is 0.194 e. The third-order valence-electron chi connectivity index (χ3n) is 3.94. The number of guanidine groups is 1. The molecule has 0 unspecified atom stereocenters. The Morgan fingerprint density at radius 3 is 2.68 bits per heavy atom. The quantitative estimate of drug-likeness (QED) is 0.397. The van der Waals surface area contributed by atoms with Crippen molar-refractivity contribution in [1.29, 1.82) is 0 Å². The summed E-state index contributed by atoms with van der Waals surface area (Å²) in [7, 11) is 3.32. The van der Waals surface area contributed by atoms with Crippen LogP contribution in [0.1, 0.15) is 26.3 Å². The van der Waals surface area contributed by atoms with Crippen molar-refractivity contribution >= 4 is 41.7 Å². The molecule has 1 saturated heterocycles. The Bertz CT molecular complexity index is 581. The third-order valence-corrected chi connectivity index (χ3v) is 5.24. The molecule has 25 heavy (non-hydrogen) atoms. The van der Waals surface area contributed by atoms with Gasteiger partial charge in [0.1, 0.15) is 0 Å². The summed E-state index contributed by atoms with van der Waals surface area (Å²) in [6, 6.07) is 5.91. The van der Waals surface area contributed by atoms with E-state index in [1.807, 2.05) is 30.0 Å². The van der Waals surface area contributed by atoms with Crippen molar-refractivity contribution in [2.75, 3.05) is 39.6 Å². The van der Waals surface area contributed by atoms with Gasteiger partial charge in [0, 0.05) is 35.7 Å². The molecule has 0 saturated carbocycles. The van der Waals surface area contributed by atoms with Crippen LogP contribution in [0, 0.1) is 0 Å². The van der Waals surface area contributed by atoms with E-state index in [0.717, 1.165) is 48.4 Å². The summed E-state index contributed by atoms with van der Waals surface area (Å²) in [5.41, 5.74) is 1.03. The van der Waals surface area contributed by atoms with Gasteiger partial charge >= 0.3 is 0 Å². The van der Waals surface area contributed by atoms with Crippen molar-refractivity contribution in [2.45, 2.75) is 32.1 Å². The zero-order valence-corrected chi connectivity index (χ0v) is 18.9. The Morgan fingerprint density at radius 1 is 1.32 bits per heavy atom. The van der Waals surface area contributed by atoms with Gasteiger partial charge in [0.05, 0.1) is 20.8 Å². The van der Waals surface area contributed by atoms with Crippen molar-refractivity contribution in [3.05, 3.63) is 23.8 Å². The van der Waals surface area contributed by atoms with Crippen LogP contribution < -0.4 is 14.8 Å². The molecule has 0 bridgehead atoms. The molecule has 1 fully saturated rings. The van der Waals surface area contributed by atoms with Crippen LogP contribution in [-0.4, -0.2) is 55.2 Å². The van der Waals surface area contributed by atoms with Gasteiger partial charge in [-0.1, -0.05) is 12.1 Å². The molecular weight excluding hydrogens is 449 g/mol. The number of thioether (sulfide) groups is 1. The lowest BCUT2D eigenvalue weighted by Crippen LogP contribution is -2.50. The summed E-state index contributed by atoms with van der Waals surface area (Å²) < 4.78 is 11.1. The highest BCUT2D eigenvalue weighted by molar-refractivity contribution is 14.0. The molecule has 2 rings (SSSR count). The van der Waals surface area contributed by atoms with Crippen LogP contribution in [-0.2, 0) is 6.54 Å². The number of rotatable bonds is 5. The molecule has 7 heteroatoms. The first-order valence-corrected chi connectivity index (χ1v) is 9.36. The summed E-state index contributed by atoms with van der Waals surface area (Å²) >= 11 is 2.02. The molecule has 1 aliphatic heterocycles. The van der Waals surface area contributed by atoms with E-state index in [1.165, 1.54) is 0 Å². The average molecular weight is 479 g/mol. The highest BCUT2D eigenvalue weighted by Crippen LogP contribution is 2.32. The Balaban J connectivity index is 0.00000312. The highest BCUT2D eigenvalue weighted by atomic mass is 127. The van der Waals surface area contributed by atoms with Gasteiger partial charge < -0.3 is 19.7 Å². The van der Waals surface area contributed by atoms with Crippen LogP contribution in [0.4, 0.5) is 0 Å². The zero-order chi connectivity index (χ0) is 17.6. The normalized spacial score (nSPS) is 16.8. The van der Waals surface area contributed by atoms with E-state index in [-0.39, 0.29) is 28.7 Å². The number of benzene rings is 1. The van der Waals surface area contributed by atoms with E-state index >= 15 is 0 Å². The standard InChI is InChI=1S/C18H29N3O2S.HI/c1-6-19-17(21-10-11-24-18(2,3)13-21)20-12-14-8-7-9-15(22-4)16(14)23-5;/h7-9H,6,10-13H2,1-5H3,(H,19,20);1H. The van der Waals surface area contributed by atoms with Crippen LogP contribution in [0.2, 0.25) is 0 Å². The molecule has 1 aliphatic rings. The number of methoxy groups -OCH3 is 2. The number of halogens is 1. The van der Waals surface area contributed by atoms with Crippen LogP contribution in [0.3, 0.4) is 0 Å². The molecule has 5 nitrogen and oxygen atoms in total. The fraction of sp³-hybridized carbons (Fsp3) is 0.611. The van der Waals surface area contributed by atoms with E-state index < -0.39 is 0 Å². The number of ether oxygens (including phenoxy) is 2. The van der Waals surface area contributed by atoms with E-state index in [0.29, 0.717) is 6.54 Å². The van der Waals surface area contributed by atoms with Crippen molar-refractivity contribution in [2.24, 2.45) is 4.99 Å². The van der Waals surface area contributed by atoms with Crippen LogP contribution in [0.5, 0.6) is 11.5 Å². The highest BCUT2D eigenvalue weighted by Gasteiger charge is 2.28. The zero-order valence-electron chi connectivity index (χ0n) is 15.8. The molecule has 1 N–H and O–H groups in total. The molecule has 1 heterocycles. The van der Waals surface area contributed by atoms with Crippen LogP contribution in [0.25, 0.3) is 0 Å². The average Bonchev–Trinajstić information content (AvgIpc) is 2.57. The lowest BCUT2D eigenvalue weighted by molar-refractivity contribution is 0.351. The summed E-state index contributed by atoms with van der Waals surface area (Å²) in [5.74, 6) is 3.59. The van der Waals surface area contributed by atoms with Crippen LogP contribution >= 0.6 is 35.7 Å². The second kappa shape index (κ2) is 10.4. The minimum Gasteiger partial charge on any atom is -0.493 e. The minimum absolute atomic E-state index is 0. The number of hydrogen-bond donors (Lipinski definition) is 1. The Labute approximate surface area is 173 Å². The largest absolute Gasteiger partial charge is 0.493 e. The number of aliphatic imine (C=N–C) groups is 1. The van der Waals surface area contributed by atoms with E-state index in [9.17, 15) is 0 Å². The first kappa shape index (κ1) is 22.2. The van der Waals surface area contributed by atoms with Gasteiger partial charge in [-0.3, -0.25) is 0 Å². The van der Waals surface area contributed by atoms with Crippen molar-refractivity contribution in [3.8, 4) is 11.5 Å². The molecular formula is C18H30IN3O2S. The molecule has 0 amide bonds. The molecule has 0 radical (unpaired) electrons. The number of nitrogens with one attached hydrogen (secondary N) is 1. The van der Waals surface area contributed by atoms with Gasteiger partial charge in [-0.25, -0.2) is 4.99 Å². The second-order valence-corrected chi connectivity index (χ2v) is 8.15. The second-order valence-electron chi connectivity index (χ2n) is 6.35. The van der Waals surface area contributed by atoms with Gasteiger partial charge in [-0.15, -0.1) is 24.0 Å². The number of para-hydroxylation sites is 1. The van der Waals surface area contributed by atoms with Crippen molar-refractivity contribution in [1.82, 2.24) is 10.2 Å². The lowest BCUT2D eigenvalue weighted by Gasteiger charge is -2.39. The Kier molecular flexibility index (Phi) is 9.20. The fourth-order valence-electron chi connectivity index (χ4n) is 2.86. The van der Waals surface area contributed by atoms with Crippen LogP contribution in [0.15, 0.2) is 23.2 Å². The predicted octanol–water partition coefficient (Wildman–Crippen LogP) is 3.61. The number of hydrogen-bond acceptors (Lipinski definition) is 4. The van der Waals surface area contributed by atoms with E-state index in [1.54, 1.807) is 14.2 Å². The summed E-state index contributed by atoms with van der Waals surface area (Å²) in [4.78, 5) is 7.20. The predicted molar refractivity (Wildman–Crippen MR) is 118 cm³/mol. The van der Waals surface area contributed by atoms with Gasteiger partial charge in [-0.05, 0) is 26.8 Å². The first-order valence-electron chi connectivity index (χ1n) is 8.38. The van der Waals surface area contributed by atoms with Crippen molar-refractivity contribution < 1.29 is 9.47 Å². The third kappa shape index (κ3) is 6.13. The fourth-order valence-corrected chi connectivity index (χ4v) is 3.97. The molecule has 0 aromatic heterocycles. The summed E-state index contributed by atoms with van der Waals surface area (Å²) in [6.07, 6.45) is 0. The topological polar surface area (TPSA) is 46.1 Å². The molecule has 1 aromatic rings. The van der Waals surface area contributed by atoms with Gasteiger partial charge in [-0.2, -0.15) is 11.8 Å². The molecule has 142 valence electrons. The maximum absolute atomic E-state index is 5.51. The van der Waals surface area contributed by atoms with Crippen molar-refractivity contribution in [3.63, 3.8) is 0 Å². The maximum atomic E-state index is 5.51. The smallest absolute Gasteiger partial charge is 0.194 e. The van der Waals surface area contributed by atoms with Gasteiger partial charge in [0.15, 0.2) is 17.5 Å². The number of nitrogens with zero attached hydrogens (tertiary/aromatic N) is 2. The molecule has 0 aliphatic carbocycles. The minimum atomic E-state index is 0. The monoisotopic (exact) mass is 479 g/mol. The van der Waals surface area contributed by atoms with Gasteiger partial charge in [0.2, 0.25) is 0 Å². The SMILES string of the molecule is CCNC(=NCc1cccc(OC)c1OC)N1CCSC(C)(C)C1.I. The summed E-state index contributed by atoms with van der Waals surface area (Å²) in [6.45, 7) is 10.1. The van der Waals surface area contributed by atoms with Gasteiger partial charge in [0.25, 0.3) is 0 Å².